The SMILES string of the molecule is CCCCCCCCCCCCCCCCCCCCC#CCCc1ccccc1C1=C(CCCC)C(CCCCCC)=C(c2ccccc2CCC#CCCCCCCCCCCCCCCCCCCCCCCCCC)[N+]1=[N-].[CH3][Ni][CH3]. The summed E-state index contributed by atoms with van der Waals surface area (Å²) in [5, 5.41) is 0. The van der Waals surface area contributed by atoms with Gasteiger partial charge in [-0.05, 0) is 74.6 Å². The molecule has 0 saturated heterocycles. The Kier molecular flexibility index (Phi) is 54.4. The molecule has 2 nitrogen and oxygen atoms in total. The predicted molar refractivity (Wildman–Crippen MR) is 372 cm³/mol. The van der Waals surface area contributed by atoms with Crippen molar-refractivity contribution in [2.45, 2.75) is 393 Å². The van der Waals surface area contributed by atoms with Crippen LogP contribution in [0.5, 0.6) is 0 Å². The predicted octanol–water partition coefficient (Wildman–Crippen LogP) is 27.9. The Labute approximate surface area is 531 Å². The van der Waals surface area contributed by atoms with Crippen LogP contribution in [0, 0.1) is 23.7 Å². The van der Waals surface area contributed by atoms with E-state index in [-0.39, 0.29) is 0 Å². The molecule has 1 aliphatic rings. The molecule has 0 unspecified atom stereocenters. The van der Waals surface area contributed by atoms with E-state index in [1.165, 1.54) is 316 Å². The zero-order valence-electron chi connectivity index (χ0n) is 56.7. The molecule has 1 aliphatic heterocycles. The Bertz CT molecular complexity index is 2030. The maximum atomic E-state index is 12.6. The molecular formula is C81H136N2Ni. The molecule has 0 radical (unpaired) electrons. The van der Waals surface area contributed by atoms with Gasteiger partial charge in [-0.25, -0.2) is 4.70 Å². The zero-order chi connectivity index (χ0) is 60.3. The van der Waals surface area contributed by atoms with E-state index in [1.54, 1.807) is 19.1 Å². The summed E-state index contributed by atoms with van der Waals surface area (Å²) in [5.74, 6) is 18.3. The summed E-state index contributed by atoms with van der Waals surface area (Å²) >= 11 is 1.62. The van der Waals surface area contributed by atoms with Gasteiger partial charge < -0.3 is 5.53 Å². The van der Waals surface area contributed by atoms with E-state index in [1.807, 2.05) is 0 Å². The minimum atomic E-state index is 0.854. The molecule has 0 aromatic heterocycles. The molecule has 0 fully saturated rings. The summed E-state index contributed by atoms with van der Waals surface area (Å²) < 4.78 is 1.62. The normalized spacial score (nSPS) is 12.2. The molecular weight excluding hydrogens is 1060 g/mol. The number of rotatable bonds is 55. The molecule has 84 heavy (non-hydrogen) atoms. The fraction of sp³-hybridized carbons (Fsp3) is 0.753. The van der Waals surface area contributed by atoms with Gasteiger partial charge in [-0.1, -0.05) is 340 Å². The molecule has 3 heteroatoms. The van der Waals surface area contributed by atoms with Crippen LogP contribution in [0.4, 0.5) is 0 Å². The van der Waals surface area contributed by atoms with E-state index in [9.17, 15) is 5.53 Å². The van der Waals surface area contributed by atoms with Gasteiger partial charge in [0, 0.05) is 48.0 Å². The van der Waals surface area contributed by atoms with Crippen molar-refractivity contribution in [3.05, 3.63) is 87.5 Å². The molecule has 0 aliphatic carbocycles. The van der Waals surface area contributed by atoms with Crippen molar-refractivity contribution in [2.75, 3.05) is 0 Å². The van der Waals surface area contributed by atoms with Crippen molar-refractivity contribution >= 4 is 11.4 Å². The summed E-state index contributed by atoms with van der Waals surface area (Å²) in [6.07, 6.45) is 72.7. The van der Waals surface area contributed by atoms with E-state index < -0.39 is 0 Å². The molecule has 0 N–H and O–H groups in total. The van der Waals surface area contributed by atoms with Crippen molar-refractivity contribution in [1.82, 2.24) is 0 Å². The van der Waals surface area contributed by atoms with Gasteiger partial charge in [0.2, 0.25) is 11.4 Å². The summed E-state index contributed by atoms with van der Waals surface area (Å²) in [4.78, 5) is 0. The van der Waals surface area contributed by atoms with Crippen molar-refractivity contribution < 1.29 is 19.1 Å². The topological polar surface area (TPSA) is 25.3 Å². The Morgan fingerprint density at radius 1 is 0.286 bits per heavy atom. The van der Waals surface area contributed by atoms with Crippen LogP contribution in [0.3, 0.4) is 0 Å². The molecule has 2 aromatic carbocycles. The van der Waals surface area contributed by atoms with Crippen LogP contribution >= 0.6 is 0 Å². The standard InChI is InChI=1S/C79H130N2.2CH3.Ni/c1-5-9-13-16-18-20-22-24-26-28-30-32-34-35-36-37-38-40-42-44-46-48-50-52-54-56-58-65-73-67-61-63-70-75(73)79-77(71-59-15-11-7-3)76(68-12-8-4)78(81(79)80)74-69-62-60-66-72(74)64-57-55-53-51-49-47-45-43-41-39-33-31-29-27-25-23-21-19-17-14-10-6-2;;;/h60-63,66-67,69-70H,5-52,57-59,64-65,68,71H2,1-4H3;2*1H3;. The monoisotopic (exact) mass is 1200 g/mol. The summed E-state index contributed by atoms with van der Waals surface area (Å²) in [5.41, 5.74) is 22.3. The fourth-order valence-corrected chi connectivity index (χ4v) is 12.6. The maximum absolute atomic E-state index is 12.6. The van der Waals surface area contributed by atoms with E-state index in [0.29, 0.717) is 0 Å². The van der Waals surface area contributed by atoms with E-state index in [4.69, 9.17) is 0 Å². The molecule has 0 atom stereocenters. The number of benzene rings is 2. The number of nitrogens with zero attached hydrogens (tertiary/aromatic N) is 2. The third-order valence-corrected chi connectivity index (χ3v) is 17.8. The molecule has 0 saturated carbocycles. The number of unbranched alkanes of at least 4 members (excludes halogenated alkanes) is 45. The van der Waals surface area contributed by atoms with Crippen LogP contribution in [0.25, 0.3) is 16.9 Å². The first-order chi connectivity index (χ1) is 41.6. The summed E-state index contributed by atoms with van der Waals surface area (Å²) in [6.45, 7) is 9.21. The van der Waals surface area contributed by atoms with Gasteiger partial charge in [0.05, 0.1) is 0 Å². The average Bonchev–Trinajstić information content (AvgIpc) is 2.08. The van der Waals surface area contributed by atoms with Gasteiger partial charge in [0.25, 0.3) is 0 Å². The minimum absolute atomic E-state index is 0.854. The first-order valence-electron chi connectivity index (χ1n) is 36.8. The quantitative estimate of drug-likeness (QED) is 0.0273. The number of allylic oxidation sites excluding steroid dienone is 2. The van der Waals surface area contributed by atoms with E-state index >= 15 is 0 Å². The number of hydrogen-bond acceptors (Lipinski definition) is 0. The van der Waals surface area contributed by atoms with Crippen LogP contribution in [-0.2, 0) is 27.3 Å². The molecule has 0 bridgehead atoms. The Morgan fingerprint density at radius 2 is 0.512 bits per heavy atom. The molecule has 1 heterocycles. The third kappa shape index (κ3) is 39.8. The summed E-state index contributed by atoms with van der Waals surface area (Å²) in [6, 6.07) is 17.8. The second-order valence-electron chi connectivity index (χ2n) is 25.5. The van der Waals surface area contributed by atoms with Crippen molar-refractivity contribution in [3.8, 4) is 23.7 Å². The summed E-state index contributed by atoms with van der Waals surface area (Å²) in [7, 11) is 0. The molecule has 3 rings (SSSR count). The zero-order valence-corrected chi connectivity index (χ0v) is 57.7. The van der Waals surface area contributed by atoms with Gasteiger partial charge >= 0.3 is 26.2 Å². The first-order valence-corrected chi connectivity index (χ1v) is 38.8. The van der Waals surface area contributed by atoms with Crippen LogP contribution in [0.15, 0.2) is 59.7 Å². The van der Waals surface area contributed by atoms with Crippen LogP contribution < -0.4 is 0 Å². The number of hydrogen-bond donors (Lipinski definition) is 0. The Hall–Kier alpha value is -2.87. The van der Waals surface area contributed by atoms with Crippen molar-refractivity contribution in [3.63, 3.8) is 0 Å². The molecule has 480 valence electrons. The Morgan fingerprint density at radius 3 is 0.798 bits per heavy atom. The van der Waals surface area contributed by atoms with E-state index in [2.05, 4.69) is 112 Å². The second-order valence-corrected chi connectivity index (χ2v) is 26.5. The second kappa shape index (κ2) is 59.1. The van der Waals surface area contributed by atoms with Gasteiger partial charge in [-0.3, -0.25) is 0 Å². The van der Waals surface area contributed by atoms with Gasteiger partial charge in [-0.2, -0.15) is 0 Å². The molecule has 0 amide bonds. The molecule has 0 spiro atoms. The van der Waals surface area contributed by atoms with Crippen molar-refractivity contribution in [1.29, 1.82) is 0 Å². The number of aryl methyl sites for hydroxylation is 2. The molecule has 2 aromatic rings. The Balaban J connectivity index is 0.00000785. The average molecular weight is 1200 g/mol. The van der Waals surface area contributed by atoms with Crippen LogP contribution in [-0.4, -0.2) is 4.70 Å². The third-order valence-electron chi connectivity index (χ3n) is 17.8. The van der Waals surface area contributed by atoms with Crippen LogP contribution in [0.1, 0.15) is 390 Å². The van der Waals surface area contributed by atoms with Crippen molar-refractivity contribution in [2.24, 2.45) is 0 Å². The van der Waals surface area contributed by atoms with Gasteiger partial charge in [-0.15, -0.1) is 23.7 Å². The van der Waals surface area contributed by atoms with Gasteiger partial charge in [0.1, 0.15) is 0 Å². The van der Waals surface area contributed by atoms with Gasteiger partial charge in [0.15, 0.2) is 0 Å². The van der Waals surface area contributed by atoms with E-state index in [0.717, 1.165) is 82.0 Å². The fourth-order valence-electron chi connectivity index (χ4n) is 12.6. The first kappa shape index (κ1) is 77.2. The van der Waals surface area contributed by atoms with Crippen LogP contribution in [0.2, 0.25) is 11.8 Å².